The molecule has 1 atom stereocenters. The van der Waals surface area contributed by atoms with Crippen molar-refractivity contribution in [3.8, 4) is 0 Å². The van der Waals surface area contributed by atoms with Crippen LogP contribution in [0, 0.1) is 0 Å². The first-order valence-corrected chi connectivity index (χ1v) is 7.21. The number of amides is 1. The first-order chi connectivity index (χ1) is 9.25. The Bertz CT molecular complexity index is 499. The number of thioether (sulfide) groups is 1. The van der Waals surface area contributed by atoms with Crippen molar-refractivity contribution in [3.05, 3.63) is 48.5 Å². The van der Waals surface area contributed by atoms with Crippen molar-refractivity contribution in [3.63, 3.8) is 0 Å². The molecule has 1 heterocycles. The zero-order valence-corrected chi connectivity index (χ0v) is 11.6. The fourth-order valence-electron chi connectivity index (χ4n) is 1.67. The average molecular weight is 275 g/mol. The quantitative estimate of drug-likeness (QED) is 0.797. The number of rotatable bonds is 6. The van der Waals surface area contributed by atoms with Crippen LogP contribution in [0.3, 0.4) is 0 Å². The minimum atomic E-state index is -0.0794. The van der Waals surface area contributed by atoms with E-state index in [0.29, 0.717) is 6.42 Å². The highest BCUT2D eigenvalue weighted by molar-refractivity contribution is 7.99. The highest BCUT2D eigenvalue weighted by Crippen LogP contribution is 2.17. The van der Waals surface area contributed by atoms with Crippen LogP contribution in [-0.2, 0) is 4.79 Å². The number of benzene rings is 1. The van der Waals surface area contributed by atoms with E-state index in [9.17, 15) is 4.79 Å². The van der Waals surface area contributed by atoms with E-state index in [-0.39, 0.29) is 11.9 Å². The first kappa shape index (κ1) is 13.7. The molecule has 0 aliphatic heterocycles. The molecule has 1 amide bonds. The summed E-state index contributed by atoms with van der Waals surface area (Å²) in [4.78, 5) is 20.1. The van der Waals surface area contributed by atoms with Crippen LogP contribution in [0.25, 0.3) is 0 Å². The number of hydrogen-bond acceptors (Lipinski definition) is 3. The topological polar surface area (TPSA) is 57.8 Å². The van der Waals surface area contributed by atoms with Crippen molar-refractivity contribution in [1.82, 2.24) is 15.3 Å². The van der Waals surface area contributed by atoms with Crippen LogP contribution in [0.5, 0.6) is 0 Å². The normalized spacial score (nSPS) is 12.1. The van der Waals surface area contributed by atoms with Crippen LogP contribution < -0.4 is 5.32 Å². The van der Waals surface area contributed by atoms with Crippen LogP contribution in [0.1, 0.15) is 25.2 Å². The number of nitrogens with one attached hydrogen (secondary N) is 2. The molecular weight excluding hydrogens is 258 g/mol. The van der Waals surface area contributed by atoms with E-state index in [1.54, 1.807) is 24.2 Å². The standard InChI is InChI=1S/C14H17N3OS/c1-11(14-15-8-9-16-14)17-13(18)7-10-19-12-5-3-2-4-6-12/h2-6,8-9,11H,7,10H2,1H3,(H,15,16)(H,17,18). The Hall–Kier alpha value is -1.75. The summed E-state index contributed by atoms with van der Waals surface area (Å²) in [5.74, 6) is 1.61. The van der Waals surface area contributed by atoms with Gasteiger partial charge in [0.05, 0.1) is 6.04 Å². The molecule has 1 aromatic heterocycles. The van der Waals surface area contributed by atoms with Gasteiger partial charge in [-0.25, -0.2) is 4.98 Å². The first-order valence-electron chi connectivity index (χ1n) is 6.22. The van der Waals surface area contributed by atoms with Crippen molar-refractivity contribution < 1.29 is 4.79 Å². The second-order valence-electron chi connectivity index (χ2n) is 4.18. The van der Waals surface area contributed by atoms with Gasteiger partial charge in [0.2, 0.25) is 5.91 Å². The van der Waals surface area contributed by atoms with Gasteiger partial charge in [-0.3, -0.25) is 4.79 Å². The van der Waals surface area contributed by atoms with Crippen LogP contribution in [-0.4, -0.2) is 21.6 Å². The molecule has 0 saturated carbocycles. The molecule has 0 aliphatic carbocycles. The predicted octanol–water partition coefficient (Wildman–Crippen LogP) is 2.77. The lowest BCUT2D eigenvalue weighted by Gasteiger charge is -2.11. The molecule has 0 spiro atoms. The van der Waals surface area contributed by atoms with Crippen molar-refractivity contribution >= 4 is 17.7 Å². The maximum absolute atomic E-state index is 11.8. The minimum absolute atomic E-state index is 0.0485. The van der Waals surface area contributed by atoms with E-state index in [1.165, 1.54) is 4.90 Å². The molecule has 0 saturated heterocycles. The monoisotopic (exact) mass is 275 g/mol. The molecule has 0 aliphatic rings. The summed E-state index contributed by atoms with van der Waals surface area (Å²) in [6.45, 7) is 1.92. The number of hydrogen-bond donors (Lipinski definition) is 2. The lowest BCUT2D eigenvalue weighted by molar-refractivity contribution is -0.121. The van der Waals surface area contributed by atoms with Gasteiger partial charge in [-0.05, 0) is 19.1 Å². The van der Waals surface area contributed by atoms with Gasteiger partial charge < -0.3 is 10.3 Å². The second-order valence-corrected chi connectivity index (χ2v) is 5.34. The van der Waals surface area contributed by atoms with Gasteiger partial charge >= 0.3 is 0 Å². The minimum Gasteiger partial charge on any atom is -0.347 e. The number of carbonyl (C=O) groups excluding carboxylic acids is 1. The molecule has 1 unspecified atom stereocenters. The number of H-pyrrole nitrogens is 1. The molecule has 0 bridgehead atoms. The summed E-state index contributed by atoms with van der Waals surface area (Å²) in [6, 6.07) is 10.0. The van der Waals surface area contributed by atoms with E-state index in [2.05, 4.69) is 15.3 Å². The maximum Gasteiger partial charge on any atom is 0.221 e. The van der Waals surface area contributed by atoms with E-state index < -0.39 is 0 Å². The molecule has 0 radical (unpaired) electrons. The fourth-order valence-corrected chi connectivity index (χ4v) is 2.55. The molecule has 2 rings (SSSR count). The number of aromatic amines is 1. The van der Waals surface area contributed by atoms with Gasteiger partial charge in [0.15, 0.2) is 0 Å². The van der Waals surface area contributed by atoms with E-state index in [4.69, 9.17) is 0 Å². The van der Waals surface area contributed by atoms with Gasteiger partial charge in [-0.2, -0.15) is 0 Å². The lowest BCUT2D eigenvalue weighted by atomic mass is 10.3. The van der Waals surface area contributed by atoms with Crippen LogP contribution in [0.4, 0.5) is 0 Å². The number of imidazole rings is 1. The molecule has 0 fully saturated rings. The van der Waals surface area contributed by atoms with Crippen molar-refractivity contribution in [2.45, 2.75) is 24.3 Å². The highest BCUT2D eigenvalue weighted by atomic mass is 32.2. The predicted molar refractivity (Wildman–Crippen MR) is 76.9 cm³/mol. The molecule has 19 heavy (non-hydrogen) atoms. The Labute approximate surface area is 117 Å². The second kappa shape index (κ2) is 6.99. The summed E-state index contributed by atoms with van der Waals surface area (Å²) in [6.07, 6.45) is 3.94. The highest BCUT2D eigenvalue weighted by Gasteiger charge is 2.10. The number of nitrogens with zero attached hydrogens (tertiary/aromatic N) is 1. The molecular formula is C14H17N3OS. The average Bonchev–Trinajstić information content (AvgIpc) is 2.94. The smallest absolute Gasteiger partial charge is 0.221 e. The van der Waals surface area contributed by atoms with Crippen molar-refractivity contribution in [1.29, 1.82) is 0 Å². The zero-order chi connectivity index (χ0) is 13.5. The van der Waals surface area contributed by atoms with Crippen LogP contribution in [0.2, 0.25) is 0 Å². The summed E-state index contributed by atoms with van der Waals surface area (Å²) in [5.41, 5.74) is 0. The number of aromatic nitrogens is 2. The van der Waals surface area contributed by atoms with Gasteiger partial charge in [-0.1, -0.05) is 18.2 Å². The third kappa shape index (κ3) is 4.44. The fraction of sp³-hybridized carbons (Fsp3) is 0.286. The maximum atomic E-state index is 11.8. The molecule has 2 aromatic rings. The summed E-state index contributed by atoms with van der Waals surface area (Å²) >= 11 is 1.69. The van der Waals surface area contributed by atoms with Crippen molar-refractivity contribution in [2.75, 3.05) is 5.75 Å². The largest absolute Gasteiger partial charge is 0.347 e. The van der Waals surface area contributed by atoms with Gasteiger partial charge in [0.25, 0.3) is 0 Å². The molecule has 2 N–H and O–H groups in total. The van der Waals surface area contributed by atoms with Crippen molar-refractivity contribution in [2.24, 2.45) is 0 Å². The third-order valence-electron chi connectivity index (χ3n) is 2.65. The Morgan fingerprint density at radius 2 is 2.21 bits per heavy atom. The van der Waals surface area contributed by atoms with Gasteiger partial charge in [0, 0.05) is 29.5 Å². The number of carbonyl (C=O) groups is 1. The zero-order valence-electron chi connectivity index (χ0n) is 10.8. The Kier molecular flexibility index (Phi) is 5.03. The third-order valence-corrected chi connectivity index (χ3v) is 3.66. The van der Waals surface area contributed by atoms with Gasteiger partial charge in [0.1, 0.15) is 5.82 Å². The molecule has 5 heteroatoms. The molecule has 4 nitrogen and oxygen atoms in total. The summed E-state index contributed by atoms with van der Waals surface area (Å²) < 4.78 is 0. The Morgan fingerprint density at radius 3 is 2.89 bits per heavy atom. The van der Waals surface area contributed by atoms with Crippen LogP contribution in [0.15, 0.2) is 47.6 Å². The Balaban J connectivity index is 1.70. The molecule has 100 valence electrons. The van der Waals surface area contributed by atoms with E-state index >= 15 is 0 Å². The van der Waals surface area contributed by atoms with Gasteiger partial charge in [-0.15, -0.1) is 11.8 Å². The SMILES string of the molecule is CC(NC(=O)CCSc1ccccc1)c1ncc[nH]1. The Morgan fingerprint density at radius 1 is 1.42 bits per heavy atom. The summed E-state index contributed by atoms with van der Waals surface area (Å²) in [7, 11) is 0. The molecule has 1 aromatic carbocycles. The summed E-state index contributed by atoms with van der Waals surface area (Å²) in [5, 5.41) is 2.92. The van der Waals surface area contributed by atoms with Crippen LogP contribution >= 0.6 is 11.8 Å². The lowest BCUT2D eigenvalue weighted by Crippen LogP contribution is -2.27. The van der Waals surface area contributed by atoms with E-state index in [0.717, 1.165) is 11.6 Å². The van der Waals surface area contributed by atoms with E-state index in [1.807, 2.05) is 37.3 Å².